The van der Waals surface area contributed by atoms with Crippen molar-refractivity contribution in [2.24, 2.45) is 0 Å². The quantitative estimate of drug-likeness (QED) is 0.813. The van der Waals surface area contributed by atoms with Crippen molar-refractivity contribution in [1.29, 1.82) is 0 Å². The third kappa shape index (κ3) is 4.08. The monoisotopic (exact) mass is 283 g/mol. The van der Waals surface area contributed by atoms with Crippen molar-refractivity contribution in [3.8, 4) is 0 Å². The fraction of sp³-hybridized carbons (Fsp3) is 0.333. The Morgan fingerprint density at radius 3 is 2.50 bits per heavy atom. The molecule has 0 fully saturated rings. The lowest BCUT2D eigenvalue weighted by Gasteiger charge is -2.20. The number of hydrogen-bond acceptors (Lipinski definition) is 3. The summed E-state index contributed by atoms with van der Waals surface area (Å²) in [6.45, 7) is -1.62. The Morgan fingerprint density at radius 2 is 2.00 bits per heavy atom. The first kappa shape index (κ1) is 14.6. The second kappa shape index (κ2) is 5.02. The number of hydrogen-bond donors (Lipinski definition) is 2. The van der Waals surface area contributed by atoms with Crippen LogP contribution in [0.2, 0.25) is 0 Å². The number of halogens is 3. The van der Waals surface area contributed by atoms with Gasteiger partial charge < -0.3 is 5.73 Å². The van der Waals surface area contributed by atoms with E-state index >= 15 is 0 Å². The number of nitrogens with one attached hydrogen (secondary N) is 1. The van der Waals surface area contributed by atoms with Crippen LogP contribution in [0.1, 0.15) is 0 Å². The van der Waals surface area contributed by atoms with Crippen molar-refractivity contribution in [1.82, 2.24) is 4.72 Å². The number of benzene rings is 1. The Kier molecular flexibility index (Phi) is 4.07. The van der Waals surface area contributed by atoms with E-state index in [4.69, 9.17) is 5.73 Å². The first-order valence-corrected chi connectivity index (χ1v) is 6.22. The minimum absolute atomic E-state index is 0.171. The fourth-order valence-electron chi connectivity index (χ4n) is 1.13. The van der Waals surface area contributed by atoms with E-state index in [2.05, 4.69) is 0 Å². The number of nitrogens with two attached hydrogens (primary N) is 1. The van der Waals surface area contributed by atoms with Gasteiger partial charge in [-0.15, -0.1) is 0 Å². The van der Waals surface area contributed by atoms with Crippen molar-refractivity contribution in [2.45, 2.75) is 6.18 Å². The molecule has 0 aliphatic carbocycles. The Balaban J connectivity index is 2.86. The smallest absolute Gasteiger partial charge is 0.399 e. The molecule has 3 N–H and O–H groups in total. The predicted octanol–water partition coefficient (Wildman–Crippen LogP) is 1.10. The van der Waals surface area contributed by atoms with E-state index in [1.807, 2.05) is 0 Å². The van der Waals surface area contributed by atoms with Gasteiger partial charge in [-0.25, -0.2) is 0 Å². The zero-order valence-electron chi connectivity index (χ0n) is 9.40. The molecule has 0 atom stereocenters. The lowest BCUT2D eigenvalue weighted by molar-refractivity contribution is -0.121. The highest BCUT2D eigenvalue weighted by Crippen LogP contribution is 2.19. The SMILES string of the molecule is CN(c1cccc(N)c1)S(=O)(=O)NCC(F)(F)F. The number of nitrogens with zero attached hydrogens (tertiary/aromatic N) is 1. The van der Waals surface area contributed by atoms with Crippen molar-refractivity contribution < 1.29 is 21.6 Å². The average Bonchev–Trinajstić information content (AvgIpc) is 2.25. The molecular weight excluding hydrogens is 271 g/mol. The van der Waals surface area contributed by atoms with Crippen LogP contribution >= 0.6 is 0 Å². The van der Waals surface area contributed by atoms with E-state index in [1.54, 1.807) is 0 Å². The first-order chi connectivity index (χ1) is 8.12. The van der Waals surface area contributed by atoms with Gasteiger partial charge in [0.05, 0.1) is 5.69 Å². The van der Waals surface area contributed by atoms with Gasteiger partial charge in [0, 0.05) is 12.7 Å². The van der Waals surface area contributed by atoms with Crippen molar-refractivity contribution in [3.05, 3.63) is 24.3 Å². The molecule has 0 aliphatic heterocycles. The summed E-state index contributed by atoms with van der Waals surface area (Å²) in [5.74, 6) is 0. The van der Waals surface area contributed by atoms with E-state index in [0.29, 0.717) is 9.99 Å². The summed E-state index contributed by atoms with van der Waals surface area (Å²) in [6, 6.07) is 5.80. The molecule has 0 spiro atoms. The molecule has 0 saturated heterocycles. The average molecular weight is 283 g/mol. The van der Waals surface area contributed by atoms with Gasteiger partial charge in [-0.05, 0) is 18.2 Å². The van der Waals surface area contributed by atoms with Crippen LogP contribution in [0.4, 0.5) is 24.5 Å². The van der Waals surface area contributed by atoms with Crippen LogP contribution in [-0.2, 0) is 10.2 Å². The molecule has 18 heavy (non-hydrogen) atoms. The standard InChI is InChI=1S/C9H12F3N3O2S/c1-15(8-4-2-3-7(13)5-8)18(16,17)14-6-9(10,11)12/h2-5,14H,6,13H2,1H3. The van der Waals surface area contributed by atoms with Crippen molar-refractivity contribution >= 4 is 21.6 Å². The van der Waals surface area contributed by atoms with Crippen molar-refractivity contribution in [3.63, 3.8) is 0 Å². The second-order valence-electron chi connectivity index (χ2n) is 3.50. The number of anilines is 2. The first-order valence-electron chi connectivity index (χ1n) is 4.77. The second-order valence-corrected chi connectivity index (χ2v) is 5.29. The van der Waals surface area contributed by atoms with Gasteiger partial charge in [0.15, 0.2) is 0 Å². The number of rotatable bonds is 4. The van der Waals surface area contributed by atoms with E-state index in [1.165, 1.54) is 29.0 Å². The van der Waals surface area contributed by atoms with Gasteiger partial charge in [-0.2, -0.15) is 26.3 Å². The van der Waals surface area contributed by atoms with Gasteiger partial charge >= 0.3 is 16.4 Å². The number of nitrogen functional groups attached to an aromatic ring is 1. The zero-order valence-corrected chi connectivity index (χ0v) is 10.2. The van der Waals surface area contributed by atoms with Crippen LogP contribution in [0.5, 0.6) is 0 Å². The molecule has 5 nitrogen and oxygen atoms in total. The lowest BCUT2D eigenvalue weighted by Crippen LogP contribution is -2.42. The van der Waals surface area contributed by atoms with Crippen LogP contribution in [0.25, 0.3) is 0 Å². The maximum Gasteiger partial charge on any atom is 0.402 e. The summed E-state index contributed by atoms with van der Waals surface area (Å²) in [4.78, 5) is 0. The van der Waals surface area contributed by atoms with Crippen LogP contribution in [-0.4, -0.2) is 28.2 Å². The summed E-state index contributed by atoms with van der Waals surface area (Å²) < 4.78 is 61.1. The summed E-state index contributed by atoms with van der Waals surface area (Å²) in [5, 5.41) is 0. The van der Waals surface area contributed by atoms with E-state index in [0.717, 1.165) is 7.05 Å². The van der Waals surface area contributed by atoms with Gasteiger partial charge in [-0.1, -0.05) is 6.07 Å². The van der Waals surface area contributed by atoms with E-state index in [9.17, 15) is 21.6 Å². The molecule has 0 heterocycles. The van der Waals surface area contributed by atoms with Gasteiger partial charge in [0.2, 0.25) is 0 Å². The normalized spacial score (nSPS) is 12.4. The summed E-state index contributed by atoms with van der Waals surface area (Å²) in [7, 11) is -3.12. The topological polar surface area (TPSA) is 75.4 Å². The molecule has 0 bridgehead atoms. The maximum atomic E-state index is 12.0. The molecule has 0 unspecified atom stereocenters. The highest BCUT2D eigenvalue weighted by atomic mass is 32.2. The highest BCUT2D eigenvalue weighted by Gasteiger charge is 2.31. The third-order valence-corrected chi connectivity index (χ3v) is 3.49. The summed E-state index contributed by atoms with van der Waals surface area (Å²) >= 11 is 0. The Hall–Kier alpha value is -1.48. The fourth-order valence-corrected chi connectivity index (χ4v) is 2.06. The Bertz CT molecular complexity index is 516. The predicted molar refractivity (Wildman–Crippen MR) is 62.2 cm³/mol. The largest absolute Gasteiger partial charge is 0.402 e. The van der Waals surface area contributed by atoms with Gasteiger partial charge in [-0.3, -0.25) is 4.31 Å². The molecule has 0 saturated carbocycles. The number of alkyl halides is 3. The molecule has 0 aliphatic rings. The van der Waals surface area contributed by atoms with Gasteiger partial charge in [0.1, 0.15) is 6.54 Å². The molecule has 0 amide bonds. The summed E-state index contributed by atoms with van der Waals surface area (Å²) in [6.07, 6.45) is -4.61. The molecular formula is C9H12F3N3O2S. The molecule has 102 valence electrons. The summed E-state index contributed by atoms with van der Waals surface area (Å²) in [5.41, 5.74) is 5.94. The zero-order chi connectivity index (χ0) is 14.0. The van der Waals surface area contributed by atoms with Crippen LogP contribution in [0.15, 0.2) is 24.3 Å². The Labute approximate surface area is 103 Å². The molecule has 0 radical (unpaired) electrons. The molecule has 1 aromatic rings. The van der Waals surface area contributed by atoms with Crippen LogP contribution in [0, 0.1) is 0 Å². The molecule has 1 rings (SSSR count). The van der Waals surface area contributed by atoms with Crippen LogP contribution < -0.4 is 14.8 Å². The third-order valence-electron chi connectivity index (χ3n) is 2.05. The van der Waals surface area contributed by atoms with E-state index in [-0.39, 0.29) is 5.69 Å². The van der Waals surface area contributed by atoms with Crippen LogP contribution in [0.3, 0.4) is 0 Å². The molecule has 1 aromatic carbocycles. The Morgan fingerprint density at radius 1 is 1.39 bits per heavy atom. The van der Waals surface area contributed by atoms with E-state index < -0.39 is 22.9 Å². The van der Waals surface area contributed by atoms with Gasteiger partial charge in [0.25, 0.3) is 0 Å². The molecule has 0 aromatic heterocycles. The minimum atomic E-state index is -4.61. The molecule has 9 heteroatoms. The lowest BCUT2D eigenvalue weighted by atomic mass is 10.3. The highest BCUT2D eigenvalue weighted by molar-refractivity contribution is 7.90. The maximum absolute atomic E-state index is 12.0. The minimum Gasteiger partial charge on any atom is -0.399 e. The van der Waals surface area contributed by atoms with Crippen molar-refractivity contribution in [2.75, 3.05) is 23.6 Å².